The van der Waals surface area contributed by atoms with Crippen molar-refractivity contribution in [1.82, 2.24) is 10.2 Å². The molecule has 0 spiro atoms. The van der Waals surface area contributed by atoms with Crippen LogP contribution in [0.2, 0.25) is 0 Å². The van der Waals surface area contributed by atoms with Crippen molar-refractivity contribution in [3.05, 3.63) is 12.3 Å². The summed E-state index contributed by atoms with van der Waals surface area (Å²) in [5.41, 5.74) is 0.406. The largest absolute Gasteiger partial charge is 0.351 e. The molecule has 0 aromatic rings. The molecule has 0 saturated carbocycles. The van der Waals surface area contributed by atoms with Gasteiger partial charge in [-0.05, 0) is 26.1 Å². The lowest BCUT2D eigenvalue weighted by Crippen LogP contribution is -2.35. The van der Waals surface area contributed by atoms with Crippen LogP contribution in [0.1, 0.15) is 20.8 Å². The Balaban J connectivity index is 3.01. The van der Waals surface area contributed by atoms with E-state index in [1.165, 1.54) is 11.8 Å². The van der Waals surface area contributed by atoms with Crippen LogP contribution in [-0.4, -0.2) is 21.5 Å². The summed E-state index contributed by atoms with van der Waals surface area (Å²) in [4.78, 5) is 12.5. The summed E-state index contributed by atoms with van der Waals surface area (Å²) in [6.07, 6.45) is 0. The average Bonchev–Trinajstić information content (AvgIpc) is 2.02. The molecule has 3 nitrogen and oxygen atoms in total. The van der Waals surface area contributed by atoms with Crippen molar-refractivity contribution >= 4 is 23.2 Å². The van der Waals surface area contributed by atoms with Gasteiger partial charge in [0.1, 0.15) is 0 Å². The predicted octanol–water partition coefficient (Wildman–Crippen LogP) is 1.02. The van der Waals surface area contributed by atoms with Gasteiger partial charge in [0.2, 0.25) is 5.91 Å². The lowest BCUT2D eigenvalue weighted by molar-refractivity contribution is -0.123. The van der Waals surface area contributed by atoms with E-state index in [0.717, 1.165) is 0 Å². The van der Waals surface area contributed by atoms with E-state index in [0.29, 0.717) is 10.8 Å². The van der Waals surface area contributed by atoms with E-state index in [4.69, 9.17) is 12.2 Å². The van der Waals surface area contributed by atoms with Gasteiger partial charge in [-0.15, -0.1) is 0 Å². The highest BCUT2D eigenvalue weighted by Gasteiger charge is 2.38. The molecule has 0 aliphatic carbocycles. The molecule has 12 heavy (non-hydrogen) atoms. The van der Waals surface area contributed by atoms with Gasteiger partial charge in [-0.2, -0.15) is 0 Å². The van der Waals surface area contributed by atoms with Crippen LogP contribution in [0.25, 0.3) is 0 Å². The van der Waals surface area contributed by atoms with Crippen LogP contribution >= 0.6 is 12.2 Å². The first-order valence-electron chi connectivity index (χ1n) is 3.68. The monoisotopic (exact) mass is 184 g/mol. The summed E-state index contributed by atoms with van der Waals surface area (Å²) in [7, 11) is 0. The summed E-state index contributed by atoms with van der Waals surface area (Å²) in [6.45, 7) is 9.16. The lowest BCUT2D eigenvalue weighted by atomic mass is 10.0. The molecule has 4 heteroatoms. The Hall–Kier alpha value is -0.900. The second-order valence-corrected chi connectivity index (χ2v) is 3.74. The summed E-state index contributed by atoms with van der Waals surface area (Å²) >= 11 is 4.98. The van der Waals surface area contributed by atoms with Crippen molar-refractivity contribution in [1.29, 1.82) is 0 Å². The van der Waals surface area contributed by atoms with Crippen molar-refractivity contribution in [2.45, 2.75) is 26.3 Å². The van der Waals surface area contributed by atoms with E-state index in [1.807, 2.05) is 13.8 Å². The smallest absolute Gasteiger partial charge is 0.230 e. The van der Waals surface area contributed by atoms with Crippen molar-refractivity contribution < 1.29 is 4.79 Å². The molecule has 0 aromatic carbocycles. The Kier molecular flexibility index (Phi) is 1.96. The lowest BCUT2D eigenvalue weighted by Gasteiger charge is -2.19. The van der Waals surface area contributed by atoms with Crippen LogP contribution in [0.4, 0.5) is 0 Å². The molecular weight excluding hydrogens is 172 g/mol. The van der Waals surface area contributed by atoms with Crippen LogP contribution in [-0.2, 0) is 4.79 Å². The topological polar surface area (TPSA) is 32.3 Å². The number of hydrogen-bond acceptors (Lipinski definition) is 2. The van der Waals surface area contributed by atoms with E-state index in [-0.39, 0.29) is 11.4 Å². The Bertz CT molecular complexity index is 270. The molecule has 1 heterocycles. The summed E-state index contributed by atoms with van der Waals surface area (Å²) in [5, 5.41) is 3.45. The van der Waals surface area contributed by atoms with Gasteiger partial charge in [0.05, 0.1) is 5.54 Å². The van der Waals surface area contributed by atoms with Gasteiger partial charge >= 0.3 is 0 Å². The fourth-order valence-corrected chi connectivity index (χ4v) is 1.62. The second-order valence-electron chi connectivity index (χ2n) is 3.36. The van der Waals surface area contributed by atoms with Gasteiger partial charge in [0.25, 0.3) is 0 Å². The number of thiocarbonyl (C=S) groups is 1. The van der Waals surface area contributed by atoms with Crippen LogP contribution < -0.4 is 5.32 Å². The molecule has 1 fully saturated rings. The number of carbonyl (C=O) groups excluding carboxylic acids is 1. The zero-order valence-corrected chi connectivity index (χ0v) is 8.29. The number of nitrogens with zero attached hydrogens (tertiary/aromatic N) is 1. The fraction of sp³-hybridized carbons (Fsp3) is 0.500. The first-order valence-corrected chi connectivity index (χ1v) is 4.09. The summed E-state index contributed by atoms with van der Waals surface area (Å²) in [6, 6.07) is 0. The molecule has 1 N–H and O–H groups in total. The van der Waals surface area contributed by atoms with Gasteiger partial charge in [-0.3, -0.25) is 9.69 Å². The minimum atomic E-state index is -0.303. The van der Waals surface area contributed by atoms with Crippen molar-refractivity contribution in [3.63, 3.8) is 0 Å². The molecule has 1 rings (SSSR count). The van der Waals surface area contributed by atoms with Gasteiger partial charge in [-0.1, -0.05) is 6.58 Å². The molecule has 1 aliphatic rings. The molecule has 1 amide bonds. The van der Waals surface area contributed by atoms with Gasteiger partial charge in [-0.25, -0.2) is 0 Å². The van der Waals surface area contributed by atoms with Crippen molar-refractivity contribution in [2.75, 3.05) is 0 Å². The summed E-state index contributed by atoms with van der Waals surface area (Å²) < 4.78 is 0. The maximum atomic E-state index is 11.1. The van der Waals surface area contributed by atoms with Crippen molar-refractivity contribution in [3.8, 4) is 0 Å². The highest BCUT2D eigenvalue weighted by molar-refractivity contribution is 7.80. The van der Waals surface area contributed by atoms with E-state index < -0.39 is 0 Å². The zero-order valence-electron chi connectivity index (χ0n) is 7.47. The average molecular weight is 184 g/mol. The first-order chi connectivity index (χ1) is 5.36. The normalized spacial score (nSPS) is 21.1. The molecule has 0 bridgehead atoms. The number of carbonyl (C=O) groups is 1. The summed E-state index contributed by atoms with van der Waals surface area (Å²) in [5.74, 6) is -0.0944. The van der Waals surface area contributed by atoms with Gasteiger partial charge in [0.15, 0.2) is 5.11 Å². The van der Waals surface area contributed by atoms with Crippen LogP contribution in [0.3, 0.4) is 0 Å². The highest BCUT2D eigenvalue weighted by atomic mass is 32.1. The molecule has 0 radical (unpaired) electrons. The Morgan fingerprint density at radius 2 is 2.17 bits per heavy atom. The maximum absolute atomic E-state index is 11.1. The third-order valence-corrected chi connectivity index (χ3v) is 2.21. The van der Waals surface area contributed by atoms with Crippen LogP contribution in [0.15, 0.2) is 12.3 Å². The van der Waals surface area contributed by atoms with Crippen molar-refractivity contribution in [2.24, 2.45) is 0 Å². The number of hydrogen-bond donors (Lipinski definition) is 1. The molecule has 0 unspecified atom stereocenters. The van der Waals surface area contributed by atoms with Crippen LogP contribution in [0, 0.1) is 0 Å². The Morgan fingerprint density at radius 3 is 2.33 bits per heavy atom. The molecule has 0 aromatic heterocycles. The molecule has 0 atom stereocenters. The standard InChI is InChI=1S/C8H12N2OS/c1-5-8(3,4)9-7(12)10(5)6(2)11/h1H2,2-4H3,(H,9,12). The number of nitrogens with one attached hydrogen (secondary N) is 1. The van der Waals surface area contributed by atoms with Gasteiger partial charge < -0.3 is 5.32 Å². The fourth-order valence-electron chi connectivity index (χ4n) is 1.13. The van der Waals surface area contributed by atoms with Gasteiger partial charge in [0, 0.05) is 12.6 Å². The minimum Gasteiger partial charge on any atom is -0.351 e. The van der Waals surface area contributed by atoms with E-state index in [1.54, 1.807) is 0 Å². The van der Waals surface area contributed by atoms with Crippen LogP contribution in [0.5, 0.6) is 0 Å². The quantitative estimate of drug-likeness (QED) is 0.570. The van der Waals surface area contributed by atoms with E-state index in [9.17, 15) is 4.79 Å². The zero-order chi connectivity index (χ0) is 9.52. The SMILES string of the molecule is C=C1N(C(C)=O)C(=S)NC1(C)C. The third kappa shape index (κ3) is 1.22. The van der Waals surface area contributed by atoms with E-state index in [2.05, 4.69) is 11.9 Å². The Morgan fingerprint density at radius 1 is 1.67 bits per heavy atom. The predicted molar refractivity (Wildman–Crippen MR) is 51.5 cm³/mol. The third-order valence-electron chi connectivity index (χ3n) is 1.93. The molecule has 66 valence electrons. The minimum absolute atomic E-state index is 0.0944. The number of rotatable bonds is 0. The van der Waals surface area contributed by atoms with E-state index >= 15 is 0 Å². The second kappa shape index (κ2) is 2.55. The maximum Gasteiger partial charge on any atom is 0.230 e. The first kappa shape index (κ1) is 9.19. The molecule has 1 saturated heterocycles. The number of amides is 1. The molecule has 1 aliphatic heterocycles. The Labute approximate surface area is 77.4 Å². The molecular formula is C8H12N2OS. The highest BCUT2D eigenvalue weighted by Crippen LogP contribution is 2.25.